The van der Waals surface area contributed by atoms with E-state index in [1.165, 1.54) is 79.3 Å². The van der Waals surface area contributed by atoms with Crippen LogP contribution in [0.15, 0.2) is 127 Å². The van der Waals surface area contributed by atoms with Crippen LogP contribution in [0.1, 0.15) is 0 Å². The Morgan fingerprint density at radius 1 is 0.324 bits per heavy atom. The quantitative estimate of drug-likeness (QED) is 0.134. The van der Waals surface area contributed by atoms with Gasteiger partial charge in [-0.05, 0) is 111 Å². The summed E-state index contributed by atoms with van der Waals surface area (Å²) < 4.78 is 1.30. The SMILES string of the molecule is Ic1cccc2ccc3c4cc(-c5ccc6ccc7c8ccccc8ccc7c6c5)ccc4ccc3c12. The summed E-state index contributed by atoms with van der Waals surface area (Å²) in [6.45, 7) is 0. The van der Waals surface area contributed by atoms with Gasteiger partial charge in [0.05, 0.1) is 0 Å². The Morgan fingerprint density at radius 3 is 1.51 bits per heavy atom. The van der Waals surface area contributed by atoms with Crippen LogP contribution in [0.2, 0.25) is 0 Å². The molecular weight excluding hydrogens is 559 g/mol. The lowest BCUT2D eigenvalue weighted by atomic mass is 9.92. The summed E-state index contributed by atoms with van der Waals surface area (Å²) in [6.07, 6.45) is 0. The van der Waals surface area contributed by atoms with Gasteiger partial charge in [-0.2, -0.15) is 0 Å². The molecule has 172 valence electrons. The first kappa shape index (κ1) is 21.2. The van der Waals surface area contributed by atoms with Gasteiger partial charge in [0.2, 0.25) is 0 Å². The van der Waals surface area contributed by atoms with E-state index in [-0.39, 0.29) is 0 Å². The van der Waals surface area contributed by atoms with Crippen molar-refractivity contribution < 1.29 is 0 Å². The van der Waals surface area contributed by atoms with E-state index in [1.54, 1.807) is 0 Å². The van der Waals surface area contributed by atoms with Crippen LogP contribution in [0.25, 0.3) is 75.8 Å². The van der Waals surface area contributed by atoms with Crippen LogP contribution in [0.5, 0.6) is 0 Å². The number of hydrogen-bond donors (Lipinski definition) is 0. The molecule has 0 bridgehead atoms. The first-order valence-electron chi connectivity index (χ1n) is 12.6. The zero-order chi connectivity index (χ0) is 24.5. The molecule has 0 fully saturated rings. The second kappa shape index (κ2) is 8.03. The largest absolute Gasteiger partial charge is 0.0616 e. The van der Waals surface area contributed by atoms with Gasteiger partial charge in [0, 0.05) is 8.96 Å². The van der Waals surface area contributed by atoms with E-state index < -0.39 is 0 Å². The van der Waals surface area contributed by atoms with Gasteiger partial charge in [-0.15, -0.1) is 0 Å². The Hall–Kier alpha value is -3.95. The van der Waals surface area contributed by atoms with Crippen LogP contribution >= 0.6 is 22.6 Å². The molecule has 0 amide bonds. The van der Waals surface area contributed by atoms with Crippen molar-refractivity contribution in [2.24, 2.45) is 0 Å². The van der Waals surface area contributed by atoms with E-state index in [0.29, 0.717) is 0 Å². The van der Waals surface area contributed by atoms with Crippen molar-refractivity contribution in [2.45, 2.75) is 0 Å². The van der Waals surface area contributed by atoms with Crippen LogP contribution in [0.3, 0.4) is 0 Å². The smallest absolute Gasteiger partial charge is 0.0215 e. The Balaban J connectivity index is 1.38. The molecule has 0 spiro atoms. The first-order valence-corrected chi connectivity index (χ1v) is 13.7. The van der Waals surface area contributed by atoms with Gasteiger partial charge in [0.1, 0.15) is 0 Å². The summed E-state index contributed by atoms with van der Waals surface area (Å²) in [6, 6.07) is 47.2. The van der Waals surface area contributed by atoms with Crippen molar-refractivity contribution in [3.05, 3.63) is 131 Å². The second-order valence-corrected chi connectivity index (χ2v) is 11.0. The monoisotopic (exact) mass is 580 g/mol. The van der Waals surface area contributed by atoms with Crippen LogP contribution in [0, 0.1) is 3.57 Å². The zero-order valence-electron chi connectivity index (χ0n) is 20.0. The fraction of sp³-hybridized carbons (Fsp3) is 0. The number of fused-ring (bicyclic) bond motifs is 10. The van der Waals surface area contributed by atoms with Crippen molar-refractivity contribution >= 4 is 87.2 Å². The molecule has 0 nitrogen and oxygen atoms in total. The molecule has 0 atom stereocenters. The summed E-state index contributed by atoms with van der Waals surface area (Å²) in [4.78, 5) is 0. The molecule has 0 aliphatic rings. The molecule has 0 aromatic heterocycles. The van der Waals surface area contributed by atoms with Crippen LogP contribution in [0.4, 0.5) is 0 Å². The molecule has 0 radical (unpaired) electrons. The van der Waals surface area contributed by atoms with E-state index in [4.69, 9.17) is 0 Å². The highest BCUT2D eigenvalue weighted by Crippen LogP contribution is 2.37. The summed E-state index contributed by atoms with van der Waals surface area (Å²) in [5, 5.41) is 15.7. The summed E-state index contributed by atoms with van der Waals surface area (Å²) in [5.74, 6) is 0. The minimum absolute atomic E-state index is 1.25. The van der Waals surface area contributed by atoms with Crippen LogP contribution in [-0.4, -0.2) is 0 Å². The van der Waals surface area contributed by atoms with Crippen molar-refractivity contribution in [3.63, 3.8) is 0 Å². The van der Waals surface area contributed by atoms with Gasteiger partial charge in [0.15, 0.2) is 0 Å². The summed E-state index contributed by atoms with van der Waals surface area (Å²) in [5.41, 5.74) is 2.50. The topological polar surface area (TPSA) is 0 Å². The molecule has 37 heavy (non-hydrogen) atoms. The normalized spacial score (nSPS) is 11.9. The van der Waals surface area contributed by atoms with Gasteiger partial charge >= 0.3 is 0 Å². The average Bonchev–Trinajstić information content (AvgIpc) is 2.96. The Morgan fingerprint density at radius 2 is 0.811 bits per heavy atom. The molecular formula is C36H21I. The second-order valence-electron chi connectivity index (χ2n) is 9.88. The molecule has 8 aromatic rings. The van der Waals surface area contributed by atoms with Gasteiger partial charge in [-0.25, -0.2) is 0 Å². The lowest BCUT2D eigenvalue weighted by Crippen LogP contribution is -1.86. The van der Waals surface area contributed by atoms with Crippen molar-refractivity contribution in [1.82, 2.24) is 0 Å². The minimum atomic E-state index is 1.25. The molecule has 8 rings (SSSR count). The highest BCUT2D eigenvalue weighted by molar-refractivity contribution is 14.1. The fourth-order valence-corrected chi connectivity index (χ4v) is 6.86. The minimum Gasteiger partial charge on any atom is -0.0616 e. The molecule has 0 saturated heterocycles. The summed E-state index contributed by atoms with van der Waals surface area (Å²) in [7, 11) is 0. The maximum absolute atomic E-state index is 2.47. The molecule has 8 aromatic carbocycles. The molecule has 0 heterocycles. The zero-order valence-corrected chi connectivity index (χ0v) is 22.2. The van der Waals surface area contributed by atoms with E-state index in [2.05, 4.69) is 150 Å². The van der Waals surface area contributed by atoms with E-state index in [1.807, 2.05) is 0 Å². The highest BCUT2D eigenvalue weighted by atomic mass is 127. The predicted octanol–water partition coefficient (Wildman–Crippen LogP) is 10.9. The third kappa shape index (κ3) is 3.20. The Labute approximate surface area is 228 Å². The van der Waals surface area contributed by atoms with Crippen LogP contribution in [-0.2, 0) is 0 Å². The van der Waals surface area contributed by atoms with Crippen molar-refractivity contribution in [2.75, 3.05) is 0 Å². The molecule has 0 saturated carbocycles. The van der Waals surface area contributed by atoms with Gasteiger partial charge in [-0.3, -0.25) is 0 Å². The molecule has 0 aliphatic heterocycles. The van der Waals surface area contributed by atoms with E-state index in [0.717, 1.165) is 0 Å². The maximum atomic E-state index is 2.47. The molecule has 0 N–H and O–H groups in total. The molecule has 0 unspecified atom stereocenters. The lowest BCUT2D eigenvalue weighted by Gasteiger charge is -2.12. The highest BCUT2D eigenvalue weighted by Gasteiger charge is 2.10. The van der Waals surface area contributed by atoms with E-state index >= 15 is 0 Å². The molecule has 1 heteroatoms. The van der Waals surface area contributed by atoms with Gasteiger partial charge in [-0.1, -0.05) is 109 Å². The molecule has 0 aliphatic carbocycles. The van der Waals surface area contributed by atoms with E-state index in [9.17, 15) is 0 Å². The third-order valence-corrected chi connectivity index (χ3v) is 8.78. The van der Waals surface area contributed by atoms with Gasteiger partial charge in [0.25, 0.3) is 0 Å². The standard InChI is InChI=1S/C36H21I/c37-35-7-3-5-25-15-18-31-32(36(25)35)19-14-24-9-11-27(21-34(24)31)26-10-8-23-13-16-29-28-6-2-1-4-22(28)12-17-30(29)33(23)20-26/h1-21H. The first-order chi connectivity index (χ1) is 18.2. The van der Waals surface area contributed by atoms with Crippen molar-refractivity contribution in [3.8, 4) is 11.1 Å². The number of benzene rings is 8. The number of rotatable bonds is 1. The third-order valence-electron chi connectivity index (χ3n) is 7.88. The summed E-state index contributed by atoms with van der Waals surface area (Å²) >= 11 is 2.47. The fourth-order valence-electron chi connectivity index (χ4n) is 6.05. The number of halogens is 1. The average molecular weight is 580 g/mol. The van der Waals surface area contributed by atoms with Crippen molar-refractivity contribution in [1.29, 1.82) is 0 Å². The number of hydrogen-bond acceptors (Lipinski definition) is 0. The van der Waals surface area contributed by atoms with Gasteiger partial charge < -0.3 is 0 Å². The predicted molar refractivity (Wildman–Crippen MR) is 170 cm³/mol. The lowest BCUT2D eigenvalue weighted by molar-refractivity contribution is 1.69. The van der Waals surface area contributed by atoms with Crippen LogP contribution < -0.4 is 0 Å². The maximum Gasteiger partial charge on any atom is 0.0215 e. The Bertz CT molecular complexity index is 2200. The Kier molecular flexibility index (Phi) is 4.59.